The van der Waals surface area contributed by atoms with Gasteiger partial charge in [0.15, 0.2) is 0 Å². The molecular weight excluding hydrogens is 279 g/mol. The fourth-order valence-corrected chi connectivity index (χ4v) is 2.44. The van der Waals surface area contributed by atoms with E-state index in [9.17, 15) is 9.18 Å². The van der Waals surface area contributed by atoms with Crippen molar-refractivity contribution in [2.45, 2.75) is 39.7 Å². The van der Waals surface area contributed by atoms with Gasteiger partial charge in [-0.05, 0) is 35.7 Å². The number of hydrogen-bond acceptors (Lipinski definition) is 2. The summed E-state index contributed by atoms with van der Waals surface area (Å²) in [6.45, 7) is 3.18. The molecule has 2 aromatic carbocycles. The number of fused-ring (bicyclic) bond motifs is 1. The molecule has 0 aliphatic carbocycles. The molecule has 0 bridgehead atoms. The SMILES string of the molecule is CCCCC(C)(CF)C(=O)OCc1ccc2ccccc2c1. The van der Waals surface area contributed by atoms with E-state index >= 15 is 0 Å². The Morgan fingerprint density at radius 3 is 2.59 bits per heavy atom. The third kappa shape index (κ3) is 3.85. The van der Waals surface area contributed by atoms with Crippen molar-refractivity contribution < 1.29 is 13.9 Å². The lowest BCUT2D eigenvalue weighted by atomic mass is 9.86. The number of halogens is 1. The van der Waals surface area contributed by atoms with Crippen LogP contribution in [0.4, 0.5) is 4.39 Å². The molecule has 1 unspecified atom stereocenters. The molecule has 2 aromatic rings. The van der Waals surface area contributed by atoms with Gasteiger partial charge in [0.05, 0.1) is 5.41 Å². The number of ether oxygens (including phenoxy) is 1. The zero-order valence-electron chi connectivity index (χ0n) is 13.3. The molecule has 2 rings (SSSR count). The molecule has 0 spiro atoms. The van der Waals surface area contributed by atoms with Gasteiger partial charge >= 0.3 is 5.97 Å². The molecule has 0 heterocycles. The van der Waals surface area contributed by atoms with Gasteiger partial charge in [-0.3, -0.25) is 4.79 Å². The predicted molar refractivity (Wildman–Crippen MR) is 87.4 cm³/mol. The average molecular weight is 302 g/mol. The quantitative estimate of drug-likeness (QED) is 0.669. The van der Waals surface area contributed by atoms with Gasteiger partial charge in [-0.15, -0.1) is 0 Å². The highest BCUT2D eigenvalue weighted by Crippen LogP contribution is 2.27. The van der Waals surface area contributed by atoms with E-state index < -0.39 is 18.1 Å². The summed E-state index contributed by atoms with van der Waals surface area (Å²) in [5.41, 5.74) is -0.101. The number of benzene rings is 2. The van der Waals surface area contributed by atoms with E-state index in [0.29, 0.717) is 6.42 Å². The first kappa shape index (κ1) is 16.5. The summed E-state index contributed by atoms with van der Waals surface area (Å²) in [7, 11) is 0. The van der Waals surface area contributed by atoms with Crippen molar-refractivity contribution in [2.24, 2.45) is 5.41 Å². The summed E-state index contributed by atoms with van der Waals surface area (Å²) in [5, 5.41) is 2.25. The first-order valence-electron chi connectivity index (χ1n) is 7.80. The first-order valence-corrected chi connectivity index (χ1v) is 7.80. The summed E-state index contributed by atoms with van der Waals surface area (Å²) in [6.07, 6.45) is 2.29. The Morgan fingerprint density at radius 2 is 1.91 bits per heavy atom. The largest absolute Gasteiger partial charge is 0.460 e. The van der Waals surface area contributed by atoms with Gasteiger partial charge in [0, 0.05) is 0 Å². The predicted octanol–water partition coefficient (Wildman–Crippen LogP) is 5.05. The highest BCUT2D eigenvalue weighted by Gasteiger charge is 2.34. The zero-order chi connectivity index (χ0) is 16.0. The van der Waals surface area contributed by atoms with Crippen molar-refractivity contribution >= 4 is 16.7 Å². The first-order chi connectivity index (χ1) is 10.6. The summed E-state index contributed by atoms with van der Waals surface area (Å²) in [4.78, 5) is 12.2. The van der Waals surface area contributed by atoms with Crippen LogP contribution < -0.4 is 0 Å². The van der Waals surface area contributed by atoms with Crippen molar-refractivity contribution in [1.29, 1.82) is 0 Å². The number of hydrogen-bond donors (Lipinski definition) is 0. The maximum atomic E-state index is 13.2. The molecule has 22 heavy (non-hydrogen) atoms. The second-order valence-corrected chi connectivity index (χ2v) is 6.06. The molecule has 0 aromatic heterocycles. The molecule has 0 saturated carbocycles. The van der Waals surface area contributed by atoms with E-state index in [1.54, 1.807) is 6.92 Å². The monoisotopic (exact) mass is 302 g/mol. The molecule has 3 heteroatoms. The lowest BCUT2D eigenvalue weighted by Gasteiger charge is -2.23. The van der Waals surface area contributed by atoms with E-state index in [4.69, 9.17) is 4.74 Å². The van der Waals surface area contributed by atoms with Crippen molar-refractivity contribution in [3.63, 3.8) is 0 Å². The molecule has 0 amide bonds. The Kier molecular flexibility index (Phi) is 5.53. The molecule has 0 fully saturated rings. The highest BCUT2D eigenvalue weighted by atomic mass is 19.1. The van der Waals surface area contributed by atoms with Gasteiger partial charge in [0.25, 0.3) is 0 Å². The maximum Gasteiger partial charge on any atom is 0.314 e. The molecule has 0 aliphatic heterocycles. The van der Waals surface area contributed by atoms with Crippen LogP contribution in [0.25, 0.3) is 10.8 Å². The number of unbranched alkanes of at least 4 members (excludes halogenated alkanes) is 1. The van der Waals surface area contributed by atoms with Crippen molar-refractivity contribution in [2.75, 3.05) is 6.67 Å². The number of alkyl halides is 1. The molecule has 0 radical (unpaired) electrons. The second-order valence-electron chi connectivity index (χ2n) is 6.06. The van der Waals surface area contributed by atoms with E-state index in [0.717, 1.165) is 29.2 Å². The summed E-state index contributed by atoms with van der Waals surface area (Å²) in [6, 6.07) is 14.0. The number of carbonyl (C=O) groups is 1. The van der Waals surface area contributed by atoms with Crippen LogP contribution in [0.1, 0.15) is 38.7 Å². The third-order valence-corrected chi connectivity index (χ3v) is 4.05. The Labute approximate surface area is 131 Å². The number of rotatable bonds is 7. The van der Waals surface area contributed by atoms with Crippen molar-refractivity contribution in [3.8, 4) is 0 Å². The van der Waals surface area contributed by atoms with E-state index in [2.05, 4.69) is 0 Å². The minimum atomic E-state index is -1.02. The summed E-state index contributed by atoms with van der Waals surface area (Å²) in [5.74, 6) is -0.448. The molecule has 0 aliphatic rings. The Bertz CT molecular complexity index is 638. The van der Waals surface area contributed by atoms with E-state index in [-0.39, 0.29) is 6.61 Å². The maximum absolute atomic E-state index is 13.2. The second kappa shape index (κ2) is 7.39. The third-order valence-electron chi connectivity index (χ3n) is 4.05. The van der Waals surface area contributed by atoms with Crippen molar-refractivity contribution in [1.82, 2.24) is 0 Å². The summed E-state index contributed by atoms with van der Waals surface area (Å²) < 4.78 is 18.6. The van der Waals surface area contributed by atoms with Crippen LogP contribution >= 0.6 is 0 Å². The van der Waals surface area contributed by atoms with E-state index in [1.807, 2.05) is 49.4 Å². The molecule has 118 valence electrons. The van der Waals surface area contributed by atoms with Gasteiger partial charge in [-0.25, -0.2) is 4.39 Å². The molecule has 1 atom stereocenters. The summed E-state index contributed by atoms with van der Waals surface area (Å²) >= 11 is 0. The lowest BCUT2D eigenvalue weighted by Crippen LogP contribution is -2.32. The van der Waals surface area contributed by atoms with Gasteiger partial charge < -0.3 is 4.74 Å². The minimum Gasteiger partial charge on any atom is -0.460 e. The van der Waals surface area contributed by atoms with Crippen molar-refractivity contribution in [3.05, 3.63) is 48.0 Å². The van der Waals surface area contributed by atoms with Gasteiger partial charge in [0.1, 0.15) is 13.3 Å². The number of esters is 1. The Morgan fingerprint density at radius 1 is 1.18 bits per heavy atom. The van der Waals surface area contributed by atoms with E-state index in [1.165, 1.54) is 0 Å². The highest BCUT2D eigenvalue weighted by molar-refractivity contribution is 5.83. The van der Waals surface area contributed by atoms with Crippen LogP contribution in [-0.4, -0.2) is 12.6 Å². The topological polar surface area (TPSA) is 26.3 Å². The van der Waals surface area contributed by atoms with Gasteiger partial charge in [0.2, 0.25) is 0 Å². The average Bonchev–Trinajstić information content (AvgIpc) is 2.57. The fraction of sp³-hybridized carbons (Fsp3) is 0.421. The normalized spacial score (nSPS) is 13.8. The smallest absolute Gasteiger partial charge is 0.314 e. The molecule has 0 saturated heterocycles. The van der Waals surface area contributed by atoms with Crippen LogP contribution in [0, 0.1) is 5.41 Å². The van der Waals surface area contributed by atoms with Gasteiger partial charge in [-0.1, -0.05) is 56.2 Å². The van der Waals surface area contributed by atoms with Gasteiger partial charge in [-0.2, -0.15) is 0 Å². The Balaban J connectivity index is 2.02. The minimum absolute atomic E-state index is 0.186. The van der Waals surface area contributed by atoms with Crippen LogP contribution in [0.3, 0.4) is 0 Å². The fourth-order valence-electron chi connectivity index (χ4n) is 2.44. The number of carbonyl (C=O) groups excluding carboxylic acids is 1. The van der Waals surface area contributed by atoms with Crippen LogP contribution in [0.5, 0.6) is 0 Å². The van der Waals surface area contributed by atoms with Crippen LogP contribution in [0.15, 0.2) is 42.5 Å². The molecular formula is C19H23FO2. The molecule has 0 N–H and O–H groups in total. The zero-order valence-corrected chi connectivity index (χ0v) is 13.3. The van der Waals surface area contributed by atoms with Crippen LogP contribution in [-0.2, 0) is 16.1 Å². The lowest BCUT2D eigenvalue weighted by molar-refractivity contribution is -0.157. The Hall–Kier alpha value is -1.90. The standard InChI is InChI=1S/C19H23FO2/c1-3-4-11-19(2,14-20)18(21)22-13-15-9-10-16-7-5-6-8-17(16)12-15/h5-10,12H,3-4,11,13-14H2,1-2H3. The van der Waals surface area contributed by atoms with Crippen LogP contribution in [0.2, 0.25) is 0 Å². The molecule has 2 nitrogen and oxygen atoms in total.